The van der Waals surface area contributed by atoms with Crippen LogP contribution in [-0.4, -0.2) is 24.5 Å². The van der Waals surface area contributed by atoms with Gasteiger partial charge in [-0.1, -0.05) is 142 Å². The van der Waals surface area contributed by atoms with Crippen molar-refractivity contribution < 1.29 is 9.90 Å². The molecule has 0 saturated heterocycles. The van der Waals surface area contributed by atoms with Gasteiger partial charge in [0.15, 0.2) is 6.29 Å². The first kappa shape index (κ1) is 32.7. The lowest BCUT2D eigenvalue weighted by Crippen LogP contribution is -2.16. The Balaban J connectivity index is 0.000000999. The van der Waals surface area contributed by atoms with Gasteiger partial charge in [0.25, 0.3) is 0 Å². The lowest BCUT2D eigenvalue weighted by atomic mass is 10.1. The van der Waals surface area contributed by atoms with E-state index in [1.54, 1.807) is 18.2 Å². The molecular formula is C31H57NO2. The average Bonchev–Trinajstić information content (AvgIpc) is 2.86. The molecule has 198 valence electrons. The van der Waals surface area contributed by atoms with Crippen LogP contribution < -0.4 is 5.32 Å². The molecule has 0 aliphatic heterocycles. The summed E-state index contributed by atoms with van der Waals surface area (Å²) in [7, 11) is 0. The van der Waals surface area contributed by atoms with Crippen LogP contribution in [0.2, 0.25) is 0 Å². The van der Waals surface area contributed by atoms with E-state index in [0.717, 1.165) is 0 Å². The summed E-state index contributed by atoms with van der Waals surface area (Å²) < 4.78 is 0. The summed E-state index contributed by atoms with van der Waals surface area (Å²) in [6.07, 6.45) is 29.4. The van der Waals surface area contributed by atoms with Crippen LogP contribution in [0.4, 0.5) is 0 Å². The Hall–Kier alpha value is -1.35. The van der Waals surface area contributed by atoms with Crippen molar-refractivity contribution in [1.29, 1.82) is 0 Å². The smallest absolute Gasteiger partial charge is 0.153 e. The molecule has 0 aliphatic rings. The summed E-state index contributed by atoms with van der Waals surface area (Å²) in [6, 6.07) is 6.40. The Bertz CT molecular complexity index is 510. The second-order valence-corrected chi connectivity index (χ2v) is 9.79. The Labute approximate surface area is 212 Å². The number of hydrogen-bond donors (Lipinski definition) is 2. The maximum Gasteiger partial charge on any atom is 0.153 e. The van der Waals surface area contributed by atoms with Crippen LogP contribution in [0, 0.1) is 0 Å². The predicted molar refractivity (Wildman–Crippen MR) is 150 cm³/mol. The molecule has 0 unspecified atom stereocenters. The second kappa shape index (κ2) is 27.9. The first-order valence-electron chi connectivity index (χ1n) is 14.7. The standard InChI is InChI=1S/C24H51N.C7H6O2/c1-3-5-7-9-11-13-15-17-19-21-23-25-24-22-20-18-16-14-12-10-8-6-4-2;8-5-6-3-1-2-4-7(6)9/h25H,3-24H2,1-2H3;1-5,9H. The second-order valence-electron chi connectivity index (χ2n) is 9.79. The average molecular weight is 476 g/mol. The normalized spacial score (nSPS) is 10.6. The van der Waals surface area contributed by atoms with Crippen LogP contribution >= 0.6 is 0 Å². The highest BCUT2D eigenvalue weighted by Crippen LogP contribution is 2.12. The van der Waals surface area contributed by atoms with E-state index in [9.17, 15) is 4.79 Å². The van der Waals surface area contributed by atoms with Crippen molar-refractivity contribution in [3.05, 3.63) is 29.8 Å². The van der Waals surface area contributed by atoms with Gasteiger partial charge in [0.1, 0.15) is 5.75 Å². The molecule has 3 heteroatoms. The zero-order valence-electron chi connectivity index (χ0n) is 22.8. The number of phenolic OH excluding ortho intramolecular Hbond substituents is 1. The lowest BCUT2D eigenvalue weighted by Gasteiger charge is -2.05. The highest BCUT2D eigenvalue weighted by molar-refractivity contribution is 5.78. The van der Waals surface area contributed by atoms with E-state index in [2.05, 4.69) is 19.2 Å². The number of para-hydroxylation sites is 1. The van der Waals surface area contributed by atoms with Crippen molar-refractivity contribution in [1.82, 2.24) is 5.32 Å². The van der Waals surface area contributed by atoms with Crippen molar-refractivity contribution in [2.75, 3.05) is 13.1 Å². The van der Waals surface area contributed by atoms with Gasteiger partial charge in [-0.05, 0) is 38.1 Å². The van der Waals surface area contributed by atoms with Crippen molar-refractivity contribution in [2.45, 2.75) is 142 Å². The van der Waals surface area contributed by atoms with E-state index in [1.807, 2.05) is 0 Å². The molecule has 2 N–H and O–H groups in total. The number of benzene rings is 1. The lowest BCUT2D eigenvalue weighted by molar-refractivity contribution is 0.112. The van der Waals surface area contributed by atoms with Crippen LogP contribution in [0.1, 0.15) is 153 Å². The quantitative estimate of drug-likeness (QED) is 0.122. The van der Waals surface area contributed by atoms with E-state index >= 15 is 0 Å². The molecule has 0 bridgehead atoms. The van der Waals surface area contributed by atoms with Crippen LogP contribution in [-0.2, 0) is 0 Å². The first-order valence-corrected chi connectivity index (χ1v) is 14.7. The third-order valence-corrected chi connectivity index (χ3v) is 6.48. The number of phenols is 1. The summed E-state index contributed by atoms with van der Waals surface area (Å²) in [4.78, 5) is 10.1. The zero-order chi connectivity index (χ0) is 25.0. The molecule has 0 radical (unpaired) electrons. The molecule has 0 saturated carbocycles. The summed E-state index contributed by atoms with van der Waals surface area (Å²) in [5, 5.41) is 12.5. The van der Waals surface area contributed by atoms with E-state index in [-0.39, 0.29) is 5.75 Å². The molecule has 34 heavy (non-hydrogen) atoms. The number of nitrogens with one attached hydrogen (secondary N) is 1. The highest BCUT2D eigenvalue weighted by Gasteiger charge is 1.95. The van der Waals surface area contributed by atoms with Crippen molar-refractivity contribution in [2.24, 2.45) is 0 Å². The maximum absolute atomic E-state index is 10.1. The van der Waals surface area contributed by atoms with Gasteiger partial charge in [-0.15, -0.1) is 0 Å². The molecule has 0 heterocycles. The largest absolute Gasteiger partial charge is 0.507 e. The Kier molecular flexibility index (Phi) is 26.8. The number of unbranched alkanes of at least 4 members (excludes halogenated alkanes) is 18. The Morgan fingerprint density at radius 2 is 0.941 bits per heavy atom. The molecule has 3 nitrogen and oxygen atoms in total. The summed E-state index contributed by atoms with van der Waals surface area (Å²) in [5.41, 5.74) is 0.331. The summed E-state index contributed by atoms with van der Waals surface area (Å²) in [6.45, 7) is 7.08. The summed E-state index contributed by atoms with van der Waals surface area (Å²) in [5.74, 6) is 0.0347. The van der Waals surface area contributed by atoms with Gasteiger partial charge in [0.05, 0.1) is 5.56 Å². The van der Waals surface area contributed by atoms with E-state index in [4.69, 9.17) is 5.11 Å². The molecule has 1 aromatic rings. The minimum Gasteiger partial charge on any atom is -0.507 e. The molecule has 1 rings (SSSR count). The SMILES string of the molecule is CCCCCCCCCCCCNCCCCCCCCCCCC.O=Cc1ccccc1O. The molecule has 0 amide bonds. The fourth-order valence-electron chi connectivity index (χ4n) is 4.19. The maximum atomic E-state index is 10.1. The fourth-order valence-corrected chi connectivity index (χ4v) is 4.19. The molecule has 0 aliphatic carbocycles. The Morgan fingerprint density at radius 3 is 1.26 bits per heavy atom. The zero-order valence-corrected chi connectivity index (χ0v) is 22.8. The van der Waals surface area contributed by atoms with Gasteiger partial charge in [-0.25, -0.2) is 0 Å². The number of carbonyl (C=O) groups excluding carboxylic acids is 1. The van der Waals surface area contributed by atoms with Crippen molar-refractivity contribution >= 4 is 6.29 Å². The third-order valence-electron chi connectivity index (χ3n) is 6.48. The van der Waals surface area contributed by atoms with Gasteiger partial charge >= 0.3 is 0 Å². The van der Waals surface area contributed by atoms with Gasteiger partial charge < -0.3 is 10.4 Å². The van der Waals surface area contributed by atoms with E-state index in [0.29, 0.717) is 11.8 Å². The highest BCUT2D eigenvalue weighted by atomic mass is 16.3. The van der Waals surface area contributed by atoms with Gasteiger partial charge in [0, 0.05) is 0 Å². The third kappa shape index (κ3) is 23.8. The van der Waals surface area contributed by atoms with Crippen LogP contribution in [0.15, 0.2) is 24.3 Å². The molecule has 0 fully saturated rings. The van der Waals surface area contributed by atoms with Crippen LogP contribution in [0.3, 0.4) is 0 Å². The molecule has 1 aromatic carbocycles. The van der Waals surface area contributed by atoms with Gasteiger partial charge in [-0.3, -0.25) is 4.79 Å². The number of carbonyl (C=O) groups is 1. The minimum absolute atomic E-state index is 0.0347. The van der Waals surface area contributed by atoms with Crippen LogP contribution in [0.25, 0.3) is 0 Å². The monoisotopic (exact) mass is 475 g/mol. The number of aromatic hydroxyl groups is 1. The molecule has 0 aromatic heterocycles. The van der Waals surface area contributed by atoms with Crippen molar-refractivity contribution in [3.63, 3.8) is 0 Å². The number of hydrogen-bond acceptors (Lipinski definition) is 3. The fraction of sp³-hybridized carbons (Fsp3) is 0.774. The predicted octanol–water partition coefficient (Wildman–Crippen LogP) is 9.62. The number of rotatable bonds is 23. The molecule has 0 atom stereocenters. The van der Waals surface area contributed by atoms with Crippen molar-refractivity contribution in [3.8, 4) is 5.75 Å². The minimum atomic E-state index is 0.0347. The number of aldehydes is 1. The van der Waals surface area contributed by atoms with Crippen LogP contribution in [0.5, 0.6) is 5.75 Å². The molecular weight excluding hydrogens is 418 g/mol. The van der Waals surface area contributed by atoms with Gasteiger partial charge in [-0.2, -0.15) is 0 Å². The van der Waals surface area contributed by atoms with E-state index in [1.165, 1.54) is 148 Å². The topological polar surface area (TPSA) is 49.3 Å². The first-order chi connectivity index (χ1) is 16.8. The Morgan fingerprint density at radius 1 is 0.588 bits per heavy atom. The molecule has 0 spiro atoms. The summed E-state index contributed by atoms with van der Waals surface area (Å²) >= 11 is 0. The van der Waals surface area contributed by atoms with E-state index < -0.39 is 0 Å². The van der Waals surface area contributed by atoms with Gasteiger partial charge in [0.2, 0.25) is 0 Å².